The van der Waals surface area contributed by atoms with Crippen molar-refractivity contribution in [1.82, 2.24) is 19.5 Å². The lowest BCUT2D eigenvalue weighted by Crippen LogP contribution is -2.33. The van der Waals surface area contributed by atoms with Gasteiger partial charge in [0.2, 0.25) is 11.6 Å². The molecule has 0 saturated carbocycles. The van der Waals surface area contributed by atoms with E-state index in [1.165, 1.54) is 25.1 Å². The zero-order valence-corrected chi connectivity index (χ0v) is 18.6. The van der Waals surface area contributed by atoms with Crippen molar-refractivity contribution < 1.29 is 38.1 Å². The Morgan fingerprint density at radius 2 is 1.90 bits per heavy atom. The highest BCUT2D eigenvalue weighted by Gasteiger charge is 2.46. The zero-order valence-electron chi connectivity index (χ0n) is 17.8. The maximum absolute atomic E-state index is 12.6. The quantitative estimate of drug-likeness (QED) is 0.389. The summed E-state index contributed by atoms with van der Waals surface area (Å²) in [6, 6.07) is 0. The van der Waals surface area contributed by atoms with Gasteiger partial charge in [0.15, 0.2) is 30.3 Å². The highest BCUT2D eigenvalue weighted by Crippen LogP contribution is 2.47. The van der Waals surface area contributed by atoms with E-state index in [0.29, 0.717) is 0 Å². The lowest BCUT2D eigenvalue weighted by atomic mass is 9.90. The number of carbonyl (C=O) groups is 1. The van der Waals surface area contributed by atoms with E-state index in [1.54, 1.807) is 20.8 Å². The predicted octanol–water partition coefficient (Wildman–Crippen LogP) is 0.674. The normalized spacial score (nSPS) is 24.7. The Labute approximate surface area is 178 Å². The number of fused-ring (bicyclic) bond motifs is 1. The molecule has 0 aliphatic carbocycles. The predicted molar refractivity (Wildman–Crippen MR) is 107 cm³/mol. The first-order valence-electron chi connectivity index (χ1n) is 9.30. The maximum Gasteiger partial charge on any atom is 0.355 e. The second-order valence-electron chi connectivity index (χ2n) is 7.98. The van der Waals surface area contributed by atoms with Crippen LogP contribution in [0.3, 0.4) is 0 Å². The van der Waals surface area contributed by atoms with Gasteiger partial charge in [0.25, 0.3) is 0 Å². The molecule has 1 aliphatic heterocycles. The number of Topliss-reactive ketones (excluding diaryl/α,β-unsaturated/α-hetero) is 1. The first-order valence-corrected chi connectivity index (χ1v) is 11.0. The van der Waals surface area contributed by atoms with Crippen LogP contribution in [0.5, 0.6) is 0 Å². The maximum atomic E-state index is 12.6. The van der Waals surface area contributed by atoms with Gasteiger partial charge in [0, 0.05) is 19.6 Å². The van der Waals surface area contributed by atoms with Gasteiger partial charge in [-0.15, -0.1) is 0 Å². The number of imidazole rings is 1. The number of aromatic nitrogens is 4. The van der Waals surface area contributed by atoms with Crippen LogP contribution in [-0.4, -0.2) is 74.6 Å². The van der Waals surface area contributed by atoms with Crippen LogP contribution in [0, 0.1) is 5.41 Å². The van der Waals surface area contributed by atoms with Crippen molar-refractivity contribution in [2.45, 2.75) is 45.5 Å². The second kappa shape index (κ2) is 8.51. The zero-order chi connectivity index (χ0) is 23.1. The van der Waals surface area contributed by atoms with E-state index >= 15 is 0 Å². The number of hydrogen-bond donors (Lipinski definition) is 3. The van der Waals surface area contributed by atoms with Gasteiger partial charge in [0.1, 0.15) is 17.7 Å². The molecule has 4 atom stereocenters. The van der Waals surface area contributed by atoms with Crippen molar-refractivity contribution in [2.75, 3.05) is 26.3 Å². The second-order valence-corrected chi connectivity index (χ2v) is 10.2. The van der Waals surface area contributed by atoms with Crippen LogP contribution in [0.4, 0.5) is 5.82 Å². The number of ketones is 1. The van der Waals surface area contributed by atoms with Crippen LogP contribution in [0.15, 0.2) is 6.33 Å². The Balaban J connectivity index is 1.92. The summed E-state index contributed by atoms with van der Waals surface area (Å²) in [6.45, 7) is 5.16. The summed E-state index contributed by atoms with van der Waals surface area (Å²) in [7, 11) is -1.15. The topological polar surface area (TPSA) is 181 Å². The van der Waals surface area contributed by atoms with Crippen LogP contribution < -0.4 is 5.73 Å². The van der Waals surface area contributed by atoms with E-state index in [-0.39, 0.29) is 28.6 Å². The van der Waals surface area contributed by atoms with Crippen LogP contribution >= 0.6 is 7.60 Å². The first kappa shape index (κ1) is 23.7. The number of aliphatic hydroxyl groups excluding tert-OH is 2. The summed E-state index contributed by atoms with van der Waals surface area (Å²) in [5, 5.41) is 20.8. The van der Waals surface area contributed by atoms with Crippen LogP contribution in [0.1, 0.15) is 37.6 Å². The molecule has 4 unspecified atom stereocenters. The Bertz CT molecular complexity index is 1010. The monoisotopic (exact) mass is 459 g/mol. The molecule has 1 fully saturated rings. The van der Waals surface area contributed by atoms with E-state index < -0.39 is 44.1 Å². The standard InChI is InChI=1S/C17H26N5O8P/c1-17(2,3)11(25)13-20-12(18)8-14(21-13)22(6-19-8)15-9(23)10(24)16(30-15)29-7-31(26,27-4)28-5/h6,9-10,15-16,23-24H,7H2,1-5H3,(H2,18,20,21). The van der Waals surface area contributed by atoms with Crippen molar-refractivity contribution >= 4 is 30.4 Å². The molecule has 1 aliphatic rings. The van der Waals surface area contributed by atoms with Gasteiger partial charge in [-0.05, 0) is 0 Å². The van der Waals surface area contributed by atoms with Gasteiger partial charge in [-0.1, -0.05) is 20.8 Å². The molecule has 1 saturated heterocycles. The average Bonchev–Trinajstić information content (AvgIpc) is 3.26. The third kappa shape index (κ3) is 4.48. The molecule has 0 bridgehead atoms. The molecule has 2 aromatic rings. The molecule has 4 N–H and O–H groups in total. The number of nitrogen functional groups attached to an aromatic ring is 1. The fourth-order valence-corrected chi connectivity index (χ4v) is 3.59. The van der Waals surface area contributed by atoms with Crippen LogP contribution in [0.25, 0.3) is 11.2 Å². The van der Waals surface area contributed by atoms with E-state index in [9.17, 15) is 19.6 Å². The number of carbonyl (C=O) groups excluding carboxylic acids is 1. The third-order valence-corrected chi connectivity index (χ3v) is 6.33. The SMILES string of the molecule is COP(=O)(COC1OC(n2cnc3c(N)nc(C(=O)C(C)(C)C)nc32)C(O)C1O)OC. The minimum Gasteiger partial charge on any atom is -0.385 e. The number of nitrogens with zero attached hydrogens (tertiary/aromatic N) is 4. The van der Waals surface area contributed by atoms with Crippen molar-refractivity contribution in [3.63, 3.8) is 0 Å². The summed E-state index contributed by atoms with van der Waals surface area (Å²) >= 11 is 0. The van der Waals surface area contributed by atoms with Gasteiger partial charge in [-0.3, -0.25) is 13.9 Å². The molecule has 31 heavy (non-hydrogen) atoms. The Kier molecular flexibility index (Phi) is 6.50. The van der Waals surface area contributed by atoms with E-state index in [2.05, 4.69) is 15.0 Å². The molecule has 2 aromatic heterocycles. The molecule has 3 heterocycles. The summed E-state index contributed by atoms with van der Waals surface area (Å²) < 4.78 is 33.9. The minimum atomic E-state index is -3.53. The smallest absolute Gasteiger partial charge is 0.355 e. The highest BCUT2D eigenvalue weighted by molar-refractivity contribution is 7.53. The molecule has 0 aromatic carbocycles. The molecule has 0 spiro atoms. The number of rotatable bonds is 7. The Morgan fingerprint density at radius 3 is 2.48 bits per heavy atom. The molecular formula is C17H26N5O8P. The molecule has 0 radical (unpaired) electrons. The average molecular weight is 459 g/mol. The van der Waals surface area contributed by atoms with Gasteiger partial charge >= 0.3 is 7.60 Å². The molecule has 14 heteroatoms. The van der Waals surface area contributed by atoms with E-state index in [1.807, 2.05) is 0 Å². The summed E-state index contributed by atoms with van der Waals surface area (Å²) in [5.41, 5.74) is 5.53. The van der Waals surface area contributed by atoms with Gasteiger partial charge < -0.3 is 34.5 Å². The van der Waals surface area contributed by atoms with E-state index in [0.717, 1.165) is 0 Å². The van der Waals surface area contributed by atoms with Gasteiger partial charge in [0.05, 0.1) is 6.33 Å². The van der Waals surface area contributed by atoms with Gasteiger partial charge in [-0.25, -0.2) is 15.0 Å². The summed E-state index contributed by atoms with van der Waals surface area (Å²) in [5.74, 6) is -0.461. The van der Waals surface area contributed by atoms with Crippen molar-refractivity contribution in [3.8, 4) is 0 Å². The Hall–Kier alpha value is -1.99. The fraction of sp³-hybridized carbons (Fsp3) is 0.647. The number of nitrogens with two attached hydrogens (primary N) is 1. The first-order chi connectivity index (χ1) is 14.4. The summed E-state index contributed by atoms with van der Waals surface area (Å²) in [4.78, 5) is 25.0. The lowest BCUT2D eigenvalue weighted by molar-refractivity contribution is -0.168. The molecular weight excluding hydrogens is 433 g/mol. The molecule has 3 rings (SSSR count). The number of ether oxygens (including phenoxy) is 2. The number of aliphatic hydroxyl groups is 2. The summed E-state index contributed by atoms with van der Waals surface area (Å²) in [6.07, 6.45) is -4.68. The highest BCUT2D eigenvalue weighted by atomic mass is 31.2. The van der Waals surface area contributed by atoms with Crippen LogP contribution in [-0.2, 0) is 23.1 Å². The lowest BCUT2D eigenvalue weighted by Gasteiger charge is -2.19. The van der Waals surface area contributed by atoms with Gasteiger partial charge in [-0.2, -0.15) is 0 Å². The van der Waals surface area contributed by atoms with Crippen LogP contribution in [0.2, 0.25) is 0 Å². The largest absolute Gasteiger partial charge is 0.385 e. The minimum absolute atomic E-state index is 0.0155. The molecule has 0 amide bonds. The number of anilines is 1. The number of hydrogen-bond acceptors (Lipinski definition) is 12. The van der Waals surface area contributed by atoms with Crippen molar-refractivity contribution in [2.24, 2.45) is 5.41 Å². The van der Waals surface area contributed by atoms with Crippen molar-refractivity contribution in [1.29, 1.82) is 0 Å². The third-order valence-electron chi connectivity index (χ3n) is 4.75. The Morgan fingerprint density at radius 1 is 1.26 bits per heavy atom. The van der Waals surface area contributed by atoms with Crippen molar-refractivity contribution in [3.05, 3.63) is 12.2 Å². The molecule has 13 nitrogen and oxygen atoms in total. The fourth-order valence-electron chi connectivity index (χ4n) is 2.90. The molecule has 172 valence electrons. The van der Waals surface area contributed by atoms with E-state index in [4.69, 9.17) is 24.3 Å².